The van der Waals surface area contributed by atoms with Gasteiger partial charge in [0.1, 0.15) is 6.54 Å². The molecule has 10 heteroatoms. The number of alkyl halides is 3. The normalized spacial score (nSPS) is 12.7. The number of rotatable bonds is 9. The van der Waals surface area contributed by atoms with Crippen molar-refractivity contribution in [3.05, 3.63) is 107 Å². The minimum atomic E-state index is -4.81. The van der Waals surface area contributed by atoms with Crippen LogP contribution in [-0.4, -0.2) is 27.4 Å². The van der Waals surface area contributed by atoms with E-state index >= 15 is 0 Å². The molecule has 0 aliphatic heterocycles. The van der Waals surface area contributed by atoms with Crippen LogP contribution in [0.1, 0.15) is 18.1 Å². The molecular formula is C29H26ClF3N2O3S. The lowest BCUT2D eigenvalue weighted by molar-refractivity contribution is -0.137. The van der Waals surface area contributed by atoms with Crippen LogP contribution >= 0.6 is 11.6 Å². The van der Waals surface area contributed by atoms with Crippen molar-refractivity contribution in [1.29, 1.82) is 0 Å². The quantitative estimate of drug-likeness (QED) is 0.242. The number of nitrogens with zero attached hydrogens (tertiary/aromatic N) is 1. The van der Waals surface area contributed by atoms with E-state index in [1.807, 2.05) is 49.4 Å². The number of hydrogen-bond acceptors (Lipinski definition) is 3. The standard InChI is InChI=1S/C29H26ClF3N2O3S/c1-20(16-22-10-7-9-21-8-5-6-13-25(21)22)18-34-28(36)19-35(39(37,38)24-11-3-2-4-12-24)23-14-15-27(30)26(17-23)29(31,32)33/h2-15,17,20H,16,18-19H2,1H3,(H,34,36). The van der Waals surface area contributed by atoms with Crippen molar-refractivity contribution >= 4 is 44.0 Å². The van der Waals surface area contributed by atoms with E-state index in [0.29, 0.717) is 16.8 Å². The largest absolute Gasteiger partial charge is 0.417 e. The van der Waals surface area contributed by atoms with Gasteiger partial charge in [0.25, 0.3) is 10.0 Å². The van der Waals surface area contributed by atoms with Crippen molar-refractivity contribution in [3.63, 3.8) is 0 Å². The molecule has 0 saturated carbocycles. The lowest BCUT2D eigenvalue weighted by Crippen LogP contribution is -2.42. The molecule has 4 aromatic rings. The number of carbonyl (C=O) groups excluding carboxylic acids is 1. The predicted octanol–water partition coefficient (Wildman–Crippen LogP) is 6.70. The van der Waals surface area contributed by atoms with Crippen LogP contribution < -0.4 is 9.62 Å². The Hall–Kier alpha value is -3.56. The summed E-state index contributed by atoms with van der Waals surface area (Å²) in [6.45, 7) is 1.49. The maximum Gasteiger partial charge on any atom is 0.417 e. The topological polar surface area (TPSA) is 66.5 Å². The Kier molecular flexibility index (Phi) is 8.51. The Bertz CT molecular complexity index is 1570. The second-order valence-electron chi connectivity index (χ2n) is 9.24. The molecule has 0 radical (unpaired) electrons. The minimum absolute atomic E-state index is 0.00583. The molecule has 0 aliphatic rings. The van der Waals surface area contributed by atoms with Gasteiger partial charge >= 0.3 is 6.18 Å². The molecule has 0 aliphatic carbocycles. The predicted molar refractivity (Wildman–Crippen MR) is 147 cm³/mol. The van der Waals surface area contributed by atoms with Gasteiger partial charge in [-0.1, -0.05) is 79.2 Å². The highest BCUT2D eigenvalue weighted by Crippen LogP contribution is 2.38. The van der Waals surface area contributed by atoms with Crippen molar-refractivity contribution in [1.82, 2.24) is 5.32 Å². The Labute approximate surface area is 230 Å². The van der Waals surface area contributed by atoms with Gasteiger partial charge in [0.15, 0.2) is 0 Å². The molecule has 1 atom stereocenters. The maximum absolute atomic E-state index is 13.5. The molecular weight excluding hydrogens is 549 g/mol. The summed E-state index contributed by atoms with van der Waals surface area (Å²) < 4.78 is 68.2. The van der Waals surface area contributed by atoms with Crippen molar-refractivity contribution in [2.75, 3.05) is 17.4 Å². The van der Waals surface area contributed by atoms with Gasteiger partial charge in [0, 0.05) is 6.54 Å². The first-order valence-electron chi connectivity index (χ1n) is 12.1. The third-order valence-corrected chi connectivity index (χ3v) is 8.38. The Morgan fingerprint density at radius 2 is 1.62 bits per heavy atom. The second kappa shape index (κ2) is 11.7. The van der Waals surface area contributed by atoms with Crippen LogP contribution in [0.5, 0.6) is 0 Å². The SMILES string of the molecule is CC(CNC(=O)CN(c1ccc(Cl)c(C(F)(F)F)c1)S(=O)(=O)c1ccccc1)Cc1cccc2ccccc12. The fourth-order valence-electron chi connectivity index (χ4n) is 4.31. The molecule has 0 aromatic heterocycles. The van der Waals surface area contributed by atoms with Crippen LogP contribution in [-0.2, 0) is 27.4 Å². The molecule has 0 spiro atoms. The summed E-state index contributed by atoms with van der Waals surface area (Å²) >= 11 is 5.74. The van der Waals surface area contributed by atoms with Crippen LogP contribution in [0.15, 0.2) is 95.9 Å². The van der Waals surface area contributed by atoms with Crippen molar-refractivity contribution in [2.24, 2.45) is 5.92 Å². The number of amides is 1. The average molecular weight is 575 g/mol. The molecule has 4 rings (SSSR count). The fraction of sp³-hybridized carbons (Fsp3) is 0.207. The van der Waals surface area contributed by atoms with Gasteiger partial charge in [0.05, 0.1) is 21.2 Å². The third kappa shape index (κ3) is 6.72. The lowest BCUT2D eigenvalue weighted by Gasteiger charge is -2.25. The van der Waals surface area contributed by atoms with Gasteiger partial charge in [0.2, 0.25) is 5.91 Å². The monoisotopic (exact) mass is 574 g/mol. The smallest absolute Gasteiger partial charge is 0.354 e. The van der Waals surface area contributed by atoms with Gasteiger partial charge in [-0.3, -0.25) is 9.10 Å². The number of anilines is 1. The van der Waals surface area contributed by atoms with Gasteiger partial charge in [-0.2, -0.15) is 13.2 Å². The molecule has 39 heavy (non-hydrogen) atoms. The van der Waals surface area contributed by atoms with Crippen LogP contribution in [0.4, 0.5) is 18.9 Å². The highest BCUT2D eigenvalue weighted by atomic mass is 35.5. The number of benzene rings is 4. The number of hydrogen-bond donors (Lipinski definition) is 1. The number of carbonyl (C=O) groups is 1. The number of sulfonamides is 1. The molecule has 1 unspecified atom stereocenters. The fourth-order valence-corrected chi connectivity index (χ4v) is 5.97. The minimum Gasteiger partial charge on any atom is -0.354 e. The maximum atomic E-state index is 13.5. The number of nitrogens with one attached hydrogen (secondary N) is 1. The zero-order valence-corrected chi connectivity index (χ0v) is 22.5. The summed E-state index contributed by atoms with van der Waals surface area (Å²) in [5, 5.41) is 4.38. The molecule has 5 nitrogen and oxygen atoms in total. The van der Waals surface area contributed by atoms with Gasteiger partial charge in [-0.05, 0) is 59.0 Å². The molecule has 1 amide bonds. The van der Waals surface area contributed by atoms with Crippen molar-refractivity contribution in [3.8, 4) is 0 Å². The van der Waals surface area contributed by atoms with E-state index in [9.17, 15) is 26.4 Å². The molecule has 0 bridgehead atoms. The zero-order chi connectivity index (χ0) is 28.2. The molecule has 4 aromatic carbocycles. The van der Waals surface area contributed by atoms with E-state index in [1.165, 1.54) is 24.3 Å². The summed E-state index contributed by atoms with van der Waals surface area (Å²) in [5.41, 5.74) is -0.405. The second-order valence-corrected chi connectivity index (χ2v) is 11.5. The van der Waals surface area contributed by atoms with Crippen LogP contribution in [0.3, 0.4) is 0 Å². The summed E-state index contributed by atoms with van der Waals surface area (Å²) in [5.74, 6) is -0.644. The summed E-state index contributed by atoms with van der Waals surface area (Å²) in [6.07, 6.45) is -4.14. The molecule has 0 saturated heterocycles. The lowest BCUT2D eigenvalue weighted by atomic mass is 9.96. The third-order valence-electron chi connectivity index (χ3n) is 6.26. The Balaban J connectivity index is 1.54. The van der Waals surface area contributed by atoms with Crippen molar-refractivity contribution in [2.45, 2.75) is 24.4 Å². The van der Waals surface area contributed by atoms with E-state index < -0.39 is 39.2 Å². The summed E-state index contributed by atoms with van der Waals surface area (Å²) in [6, 6.07) is 24.0. The van der Waals surface area contributed by atoms with Crippen LogP contribution in [0.2, 0.25) is 5.02 Å². The molecule has 1 N–H and O–H groups in total. The zero-order valence-electron chi connectivity index (χ0n) is 21.0. The van der Waals surface area contributed by atoms with E-state index in [4.69, 9.17) is 11.6 Å². The van der Waals surface area contributed by atoms with E-state index in [0.717, 1.165) is 28.5 Å². The average Bonchev–Trinajstić information content (AvgIpc) is 2.91. The van der Waals surface area contributed by atoms with E-state index in [1.54, 1.807) is 6.07 Å². The summed E-state index contributed by atoms with van der Waals surface area (Å²) in [4.78, 5) is 12.8. The summed E-state index contributed by atoms with van der Waals surface area (Å²) in [7, 11) is -4.37. The Morgan fingerprint density at radius 3 is 2.33 bits per heavy atom. The molecule has 0 heterocycles. The number of halogens is 4. The highest BCUT2D eigenvalue weighted by molar-refractivity contribution is 7.92. The molecule has 0 fully saturated rings. The first-order valence-corrected chi connectivity index (χ1v) is 14.0. The van der Waals surface area contributed by atoms with Gasteiger partial charge in [-0.15, -0.1) is 0 Å². The van der Waals surface area contributed by atoms with E-state index in [2.05, 4.69) is 5.32 Å². The number of fused-ring (bicyclic) bond motifs is 1. The Morgan fingerprint density at radius 1 is 0.949 bits per heavy atom. The van der Waals surface area contributed by atoms with Gasteiger partial charge < -0.3 is 5.32 Å². The van der Waals surface area contributed by atoms with Crippen LogP contribution in [0, 0.1) is 5.92 Å². The highest BCUT2D eigenvalue weighted by Gasteiger charge is 2.35. The van der Waals surface area contributed by atoms with Gasteiger partial charge in [-0.25, -0.2) is 8.42 Å². The first-order chi connectivity index (χ1) is 18.5. The van der Waals surface area contributed by atoms with Crippen molar-refractivity contribution < 1.29 is 26.4 Å². The first kappa shape index (κ1) is 28.4. The van der Waals surface area contributed by atoms with E-state index in [-0.39, 0.29) is 23.0 Å². The van der Waals surface area contributed by atoms with Crippen LogP contribution in [0.25, 0.3) is 10.8 Å². The molecule has 204 valence electrons.